The number of hydrogen-bond acceptors (Lipinski definition) is 2. The quantitative estimate of drug-likeness (QED) is 0.714. The largest absolute Gasteiger partial charge is 0.393 e. The molecule has 15 heavy (non-hydrogen) atoms. The van der Waals surface area contributed by atoms with Crippen LogP contribution >= 0.6 is 0 Å². The second kappa shape index (κ2) is 4.84. The van der Waals surface area contributed by atoms with Crippen molar-refractivity contribution in [3.05, 3.63) is 0 Å². The zero-order valence-electron chi connectivity index (χ0n) is 8.72. The van der Waals surface area contributed by atoms with E-state index in [1.165, 1.54) is 0 Å². The van der Waals surface area contributed by atoms with Gasteiger partial charge in [-0.15, -0.1) is 0 Å². The highest BCUT2D eigenvalue weighted by molar-refractivity contribution is 4.85. The summed E-state index contributed by atoms with van der Waals surface area (Å²) >= 11 is 0. The molecule has 1 aliphatic heterocycles. The van der Waals surface area contributed by atoms with Crippen LogP contribution in [0, 0.1) is 23.2 Å². The van der Waals surface area contributed by atoms with Gasteiger partial charge in [-0.1, -0.05) is 0 Å². The zero-order chi connectivity index (χ0) is 11.5. The van der Waals surface area contributed by atoms with Crippen molar-refractivity contribution in [1.82, 2.24) is 4.90 Å². The van der Waals surface area contributed by atoms with Crippen LogP contribution in [0.1, 0.15) is 19.8 Å². The summed E-state index contributed by atoms with van der Waals surface area (Å²) in [5.41, 5.74) is 0. The zero-order valence-corrected chi connectivity index (χ0v) is 8.72. The predicted octanol–water partition coefficient (Wildman–Crippen LogP) is 2.42. The van der Waals surface area contributed by atoms with E-state index in [0.29, 0.717) is 19.5 Å². The topological polar surface area (TPSA) is 27.0 Å². The van der Waals surface area contributed by atoms with E-state index in [0.717, 1.165) is 0 Å². The van der Waals surface area contributed by atoms with Crippen LogP contribution in [0.25, 0.3) is 0 Å². The molecule has 1 fully saturated rings. The van der Waals surface area contributed by atoms with Crippen LogP contribution in [0.2, 0.25) is 0 Å². The van der Waals surface area contributed by atoms with Crippen molar-refractivity contribution in [1.29, 1.82) is 5.26 Å². The Morgan fingerprint density at radius 2 is 2.20 bits per heavy atom. The first-order chi connectivity index (χ1) is 6.93. The molecule has 2 nitrogen and oxygen atoms in total. The van der Waals surface area contributed by atoms with Crippen LogP contribution in [0.3, 0.4) is 0 Å². The van der Waals surface area contributed by atoms with Crippen LogP contribution in [0.15, 0.2) is 0 Å². The van der Waals surface area contributed by atoms with E-state index in [1.807, 2.05) is 6.07 Å². The van der Waals surface area contributed by atoms with Crippen molar-refractivity contribution >= 4 is 0 Å². The molecule has 0 N–H and O–H groups in total. The maximum atomic E-state index is 12.4. The third-order valence-electron chi connectivity index (χ3n) is 2.72. The van der Waals surface area contributed by atoms with Crippen molar-refractivity contribution < 1.29 is 13.2 Å². The van der Waals surface area contributed by atoms with E-state index >= 15 is 0 Å². The first-order valence-corrected chi connectivity index (χ1v) is 5.12. The Morgan fingerprint density at radius 1 is 1.53 bits per heavy atom. The van der Waals surface area contributed by atoms with Crippen molar-refractivity contribution in [3.8, 4) is 6.07 Å². The maximum Gasteiger partial charge on any atom is 0.393 e. The Bertz CT molecular complexity index is 244. The van der Waals surface area contributed by atoms with Gasteiger partial charge in [0.1, 0.15) is 0 Å². The minimum absolute atomic E-state index is 0.0511. The SMILES string of the molecule is CC(C#N)CN1CCCC(C(F)(F)F)C1. The summed E-state index contributed by atoms with van der Waals surface area (Å²) < 4.78 is 37.3. The summed E-state index contributed by atoms with van der Waals surface area (Å²) in [5.74, 6) is -1.41. The molecule has 1 heterocycles. The summed E-state index contributed by atoms with van der Waals surface area (Å²) in [6.07, 6.45) is -3.29. The predicted molar refractivity (Wildman–Crippen MR) is 50.0 cm³/mol. The van der Waals surface area contributed by atoms with Crippen molar-refractivity contribution in [3.63, 3.8) is 0 Å². The van der Waals surface area contributed by atoms with Crippen molar-refractivity contribution in [2.75, 3.05) is 19.6 Å². The Kier molecular flexibility index (Phi) is 3.97. The van der Waals surface area contributed by atoms with Crippen LogP contribution in [0.5, 0.6) is 0 Å². The fourth-order valence-electron chi connectivity index (χ4n) is 1.92. The molecule has 1 aliphatic rings. The molecule has 1 saturated heterocycles. The van der Waals surface area contributed by atoms with Crippen molar-refractivity contribution in [2.24, 2.45) is 11.8 Å². The molecular weight excluding hydrogens is 205 g/mol. The minimum Gasteiger partial charge on any atom is -0.301 e. The van der Waals surface area contributed by atoms with Gasteiger partial charge in [-0.2, -0.15) is 18.4 Å². The van der Waals surface area contributed by atoms with Crippen LogP contribution < -0.4 is 0 Å². The summed E-state index contributed by atoms with van der Waals surface area (Å²) in [7, 11) is 0. The van der Waals surface area contributed by atoms with Gasteiger partial charge >= 0.3 is 6.18 Å². The molecule has 0 aromatic carbocycles. The molecule has 5 heteroatoms. The molecule has 0 aliphatic carbocycles. The summed E-state index contributed by atoms with van der Waals surface area (Å²) in [6.45, 7) is 2.91. The highest BCUT2D eigenvalue weighted by Crippen LogP contribution is 2.33. The minimum atomic E-state index is -4.09. The van der Waals surface area contributed by atoms with Gasteiger partial charge in [0.05, 0.1) is 17.9 Å². The average Bonchev–Trinajstić information content (AvgIpc) is 2.17. The van der Waals surface area contributed by atoms with Gasteiger partial charge in [0.25, 0.3) is 0 Å². The van der Waals surface area contributed by atoms with Gasteiger partial charge < -0.3 is 4.90 Å². The van der Waals surface area contributed by atoms with E-state index in [1.54, 1.807) is 11.8 Å². The van der Waals surface area contributed by atoms with Gasteiger partial charge in [-0.25, -0.2) is 0 Å². The highest BCUT2D eigenvalue weighted by Gasteiger charge is 2.41. The Hall–Kier alpha value is -0.760. The number of halogens is 3. The fourth-order valence-corrected chi connectivity index (χ4v) is 1.92. The summed E-state index contributed by atoms with van der Waals surface area (Å²) in [6, 6.07) is 2.04. The molecule has 2 atom stereocenters. The third kappa shape index (κ3) is 3.71. The molecule has 86 valence electrons. The van der Waals surface area contributed by atoms with Crippen LogP contribution in [0.4, 0.5) is 13.2 Å². The number of likely N-dealkylation sites (tertiary alicyclic amines) is 1. The number of rotatable bonds is 2. The number of piperidine rings is 1. The monoisotopic (exact) mass is 220 g/mol. The second-order valence-corrected chi connectivity index (χ2v) is 4.17. The first-order valence-electron chi connectivity index (χ1n) is 5.12. The van der Waals surface area contributed by atoms with E-state index in [4.69, 9.17) is 5.26 Å². The molecule has 1 rings (SSSR count). The molecule has 0 spiro atoms. The normalized spacial score (nSPS) is 25.9. The number of alkyl halides is 3. The van der Waals surface area contributed by atoms with Crippen LogP contribution in [-0.4, -0.2) is 30.7 Å². The Labute approximate surface area is 87.7 Å². The lowest BCUT2D eigenvalue weighted by Gasteiger charge is -2.34. The van der Waals surface area contributed by atoms with Crippen LogP contribution in [-0.2, 0) is 0 Å². The van der Waals surface area contributed by atoms with E-state index in [9.17, 15) is 13.2 Å². The van der Waals surface area contributed by atoms with Gasteiger partial charge in [0.15, 0.2) is 0 Å². The molecule has 0 bridgehead atoms. The standard InChI is InChI=1S/C10H15F3N2/c1-8(5-14)6-15-4-2-3-9(7-15)10(11,12)13/h8-9H,2-4,6-7H2,1H3. The smallest absolute Gasteiger partial charge is 0.301 e. The molecular formula is C10H15F3N2. The molecule has 0 aromatic rings. The second-order valence-electron chi connectivity index (χ2n) is 4.17. The lowest BCUT2D eigenvalue weighted by molar-refractivity contribution is -0.186. The van der Waals surface area contributed by atoms with E-state index in [2.05, 4.69) is 0 Å². The average molecular weight is 220 g/mol. The van der Waals surface area contributed by atoms with Crippen molar-refractivity contribution in [2.45, 2.75) is 25.9 Å². The van der Waals surface area contributed by atoms with Gasteiger partial charge in [-0.05, 0) is 26.3 Å². The van der Waals surface area contributed by atoms with Gasteiger partial charge in [0.2, 0.25) is 0 Å². The van der Waals surface area contributed by atoms with Gasteiger partial charge in [-0.3, -0.25) is 0 Å². The lowest BCUT2D eigenvalue weighted by atomic mass is 9.97. The molecule has 0 saturated carbocycles. The molecule has 0 aromatic heterocycles. The number of nitriles is 1. The fraction of sp³-hybridized carbons (Fsp3) is 0.900. The Morgan fingerprint density at radius 3 is 2.73 bits per heavy atom. The number of nitrogens with zero attached hydrogens (tertiary/aromatic N) is 2. The third-order valence-corrected chi connectivity index (χ3v) is 2.72. The first kappa shape index (κ1) is 12.3. The highest BCUT2D eigenvalue weighted by atomic mass is 19.4. The maximum absolute atomic E-state index is 12.4. The van der Waals surface area contributed by atoms with E-state index < -0.39 is 12.1 Å². The summed E-state index contributed by atoms with van der Waals surface area (Å²) in [4.78, 5) is 1.75. The number of hydrogen-bond donors (Lipinski definition) is 0. The van der Waals surface area contributed by atoms with E-state index in [-0.39, 0.29) is 18.9 Å². The molecule has 0 amide bonds. The van der Waals surface area contributed by atoms with Gasteiger partial charge in [0, 0.05) is 13.1 Å². The lowest BCUT2D eigenvalue weighted by Crippen LogP contribution is -2.43. The summed E-state index contributed by atoms with van der Waals surface area (Å²) in [5, 5.41) is 8.59. The molecule has 0 radical (unpaired) electrons. The molecule has 2 unspecified atom stereocenters. The Balaban J connectivity index is 2.47.